The molecule has 0 saturated heterocycles. The Kier molecular flexibility index (Phi) is 6.19. The van der Waals surface area contributed by atoms with Gasteiger partial charge >= 0.3 is 0 Å². The highest BCUT2D eigenvalue weighted by Gasteiger charge is 2.10. The molecule has 0 aliphatic carbocycles. The maximum Gasteiger partial charge on any atom is 0.142 e. The second-order valence-corrected chi connectivity index (χ2v) is 5.77. The Morgan fingerprint density at radius 3 is 2.43 bits per heavy atom. The third-order valence-electron chi connectivity index (χ3n) is 3.69. The van der Waals surface area contributed by atoms with E-state index in [4.69, 9.17) is 16.3 Å². The highest BCUT2D eigenvalue weighted by atomic mass is 35.5. The van der Waals surface area contributed by atoms with Crippen molar-refractivity contribution in [1.82, 2.24) is 0 Å². The molecular weight excluding hydrogens is 284 g/mol. The van der Waals surface area contributed by atoms with E-state index in [1.54, 1.807) is 6.07 Å². The number of aromatic hydroxyl groups is 1. The van der Waals surface area contributed by atoms with Gasteiger partial charge in [0.15, 0.2) is 0 Å². The fourth-order valence-electron chi connectivity index (χ4n) is 2.48. The summed E-state index contributed by atoms with van der Waals surface area (Å²) >= 11 is 6.06. The van der Waals surface area contributed by atoms with Crippen LogP contribution >= 0.6 is 11.6 Å². The fourth-order valence-corrected chi connectivity index (χ4v) is 2.68. The highest BCUT2D eigenvalue weighted by Crippen LogP contribution is 2.38. The minimum atomic E-state index is 0.124. The number of benzene rings is 2. The first kappa shape index (κ1) is 16.0. The third kappa shape index (κ3) is 4.28. The Morgan fingerprint density at radius 2 is 1.67 bits per heavy atom. The van der Waals surface area contributed by atoms with Crippen LogP contribution in [-0.4, -0.2) is 11.7 Å². The summed E-state index contributed by atoms with van der Waals surface area (Å²) in [5, 5.41) is 12.0. The lowest BCUT2D eigenvalue weighted by Crippen LogP contribution is -1.98. The second kappa shape index (κ2) is 8.14. The van der Waals surface area contributed by atoms with Crippen LogP contribution in [0.15, 0.2) is 30.3 Å². The van der Waals surface area contributed by atoms with Crippen molar-refractivity contribution >= 4 is 22.4 Å². The lowest BCUT2D eigenvalue weighted by atomic mass is 10.1. The summed E-state index contributed by atoms with van der Waals surface area (Å²) in [6.45, 7) is 2.92. The summed E-state index contributed by atoms with van der Waals surface area (Å²) in [6, 6.07) is 9.33. The molecule has 0 unspecified atom stereocenters. The largest absolute Gasteiger partial charge is 0.506 e. The van der Waals surface area contributed by atoms with Crippen molar-refractivity contribution in [3.8, 4) is 11.5 Å². The molecule has 0 aliphatic heterocycles. The van der Waals surface area contributed by atoms with E-state index in [0.717, 1.165) is 22.9 Å². The van der Waals surface area contributed by atoms with E-state index >= 15 is 0 Å². The molecular formula is C18H23ClO2. The molecule has 0 atom stereocenters. The van der Waals surface area contributed by atoms with Gasteiger partial charge in [-0.05, 0) is 6.42 Å². The first-order chi connectivity index (χ1) is 10.2. The molecule has 0 fully saturated rings. The average molecular weight is 307 g/mol. The average Bonchev–Trinajstić information content (AvgIpc) is 2.51. The zero-order valence-electron chi connectivity index (χ0n) is 12.6. The van der Waals surface area contributed by atoms with Crippen LogP contribution in [0.25, 0.3) is 10.8 Å². The molecule has 114 valence electrons. The van der Waals surface area contributed by atoms with Crippen LogP contribution in [-0.2, 0) is 0 Å². The summed E-state index contributed by atoms with van der Waals surface area (Å²) < 4.78 is 5.87. The Balaban J connectivity index is 1.94. The molecule has 2 aromatic carbocycles. The lowest BCUT2D eigenvalue weighted by molar-refractivity contribution is 0.307. The number of phenolic OH excluding ortho intramolecular Hbond substituents is 1. The Morgan fingerprint density at radius 1 is 1.00 bits per heavy atom. The summed E-state index contributed by atoms with van der Waals surface area (Å²) in [6.07, 6.45) is 7.42. The smallest absolute Gasteiger partial charge is 0.142 e. The first-order valence-electron chi connectivity index (χ1n) is 7.77. The van der Waals surface area contributed by atoms with Gasteiger partial charge in [-0.3, -0.25) is 0 Å². The number of phenols is 1. The predicted molar refractivity (Wildman–Crippen MR) is 89.5 cm³/mol. The molecule has 0 spiro atoms. The van der Waals surface area contributed by atoms with Gasteiger partial charge in [0.1, 0.15) is 11.5 Å². The van der Waals surface area contributed by atoms with Crippen molar-refractivity contribution < 1.29 is 9.84 Å². The summed E-state index contributed by atoms with van der Waals surface area (Å²) in [5.74, 6) is 0.876. The van der Waals surface area contributed by atoms with Crippen LogP contribution in [0.1, 0.15) is 45.4 Å². The van der Waals surface area contributed by atoms with Crippen LogP contribution in [0.3, 0.4) is 0 Å². The Hall–Kier alpha value is -1.41. The van der Waals surface area contributed by atoms with Gasteiger partial charge in [-0.25, -0.2) is 0 Å². The molecule has 0 bridgehead atoms. The number of rotatable bonds is 8. The SMILES string of the molecule is CCCCCCCCOc1cc(Cl)c(O)c2ccccc12. The van der Waals surface area contributed by atoms with Crippen LogP contribution in [0.4, 0.5) is 0 Å². The minimum absolute atomic E-state index is 0.124. The fraction of sp³-hybridized carbons (Fsp3) is 0.444. The van der Waals surface area contributed by atoms with E-state index in [9.17, 15) is 5.11 Å². The maximum atomic E-state index is 9.99. The van der Waals surface area contributed by atoms with Crippen LogP contribution in [0, 0.1) is 0 Å². The van der Waals surface area contributed by atoms with Gasteiger partial charge in [-0.2, -0.15) is 0 Å². The van der Waals surface area contributed by atoms with E-state index in [1.807, 2.05) is 24.3 Å². The van der Waals surface area contributed by atoms with Gasteiger partial charge in [-0.15, -0.1) is 0 Å². The van der Waals surface area contributed by atoms with Crippen molar-refractivity contribution in [2.75, 3.05) is 6.61 Å². The highest BCUT2D eigenvalue weighted by molar-refractivity contribution is 6.33. The van der Waals surface area contributed by atoms with E-state index in [1.165, 1.54) is 32.1 Å². The van der Waals surface area contributed by atoms with Crippen LogP contribution in [0.2, 0.25) is 5.02 Å². The van der Waals surface area contributed by atoms with Gasteiger partial charge < -0.3 is 9.84 Å². The van der Waals surface area contributed by atoms with Crippen molar-refractivity contribution in [3.63, 3.8) is 0 Å². The summed E-state index contributed by atoms with van der Waals surface area (Å²) in [4.78, 5) is 0. The first-order valence-corrected chi connectivity index (χ1v) is 8.15. The zero-order valence-corrected chi connectivity index (χ0v) is 13.3. The van der Waals surface area contributed by atoms with Crippen LogP contribution < -0.4 is 4.74 Å². The van der Waals surface area contributed by atoms with E-state index in [-0.39, 0.29) is 5.75 Å². The molecule has 2 rings (SSSR count). The predicted octanol–water partition coefficient (Wildman–Crippen LogP) is 5.94. The lowest BCUT2D eigenvalue weighted by Gasteiger charge is -2.11. The summed E-state index contributed by atoms with van der Waals surface area (Å²) in [7, 11) is 0. The van der Waals surface area contributed by atoms with Gasteiger partial charge in [0, 0.05) is 16.8 Å². The van der Waals surface area contributed by atoms with Gasteiger partial charge in [0.05, 0.1) is 11.6 Å². The molecule has 0 aromatic heterocycles. The Bertz CT molecular complexity index is 581. The van der Waals surface area contributed by atoms with Gasteiger partial charge in [0.25, 0.3) is 0 Å². The molecule has 0 saturated carbocycles. The van der Waals surface area contributed by atoms with Crippen LogP contribution in [0.5, 0.6) is 11.5 Å². The van der Waals surface area contributed by atoms with Crippen molar-refractivity contribution in [3.05, 3.63) is 35.4 Å². The number of halogens is 1. The molecule has 0 aliphatic rings. The standard InChI is InChI=1S/C18H23ClO2/c1-2-3-4-5-6-9-12-21-17-13-16(19)18(20)15-11-8-7-10-14(15)17/h7-8,10-11,13,20H,2-6,9,12H2,1H3. The molecule has 0 amide bonds. The van der Waals surface area contributed by atoms with Crippen molar-refractivity contribution in [2.45, 2.75) is 45.4 Å². The van der Waals surface area contributed by atoms with E-state index in [0.29, 0.717) is 11.6 Å². The molecule has 21 heavy (non-hydrogen) atoms. The molecule has 3 heteroatoms. The van der Waals surface area contributed by atoms with E-state index in [2.05, 4.69) is 6.92 Å². The second-order valence-electron chi connectivity index (χ2n) is 5.37. The van der Waals surface area contributed by atoms with Crippen molar-refractivity contribution in [1.29, 1.82) is 0 Å². The van der Waals surface area contributed by atoms with Gasteiger partial charge in [-0.1, -0.05) is 74.9 Å². The maximum absolute atomic E-state index is 9.99. The monoisotopic (exact) mass is 306 g/mol. The number of ether oxygens (including phenoxy) is 1. The molecule has 2 aromatic rings. The topological polar surface area (TPSA) is 29.5 Å². The number of unbranched alkanes of at least 4 members (excludes halogenated alkanes) is 5. The molecule has 1 N–H and O–H groups in total. The molecule has 0 heterocycles. The number of hydrogen-bond acceptors (Lipinski definition) is 2. The van der Waals surface area contributed by atoms with E-state index < -0.39 is 0 Å². The minimum Gasteiger partial charge on any atom is -0.506 e. The summed E-state index contributed by atoms with van der Waals surface area (Å²) in [5.41, 5.74) is 0. The molecule has 2 nitrogen and oxygen atoms in total. The number of fused-ring (bicyclic) bond motifs is 1. The normalized spacial score (nSPS) is 11.0. The molecule has 0 radical (unpaired) electrons. The van der Waals surface area contributed by atoms with Gasteiger partial charge in [0.2, 0.25) is 0 Å². The van der Waals surface area contributed by atoms with Crippen molar-refractivity contribution in [2.24, 2.45) is 0 Å². The quantitative estimate of drug-likeness (QED) is 0.612. The zero-order chi connectivity index (χ0) is 15.1. The Labute approximate surface area is 131 Å². The third-order valence-corrected chi connectivity index (χ3v) is 3.98. The number of hydrogen-bond donors (Lipinski definition) is 1.